The monoisotopic (exact) mass is 379 g/mol. The Balaban J connectivity index is 2.45. The van der Waals surface area contributed by atoms with Crippen molar-refractivity contribution in [2.75, 3.05) is 26.5 Å². The molecular weight excluding hydrogens is 362 g/mol. The van der Waals surface area contributed by atoms with Gasteiger partial charge in [-0.1, -0.05) is 6.07 Å². The lowest BCUT2D eigenvalue weighted by Gasteiger charge is -2.22. The maximum Gasteiger partial charge on any atom is 0.422 e. The van der Waals surface area contributed by atoms with Crippen LogP contribution in [-0.2, 0) is 15.6 Å². The third-order valence-corrected chi connectivity index (χ3v) is 4.10. The molecule has 2 rings (SSSR count). The molecule has 138 valence electrons. The first kappa shape index (κ1) is 19.3. The van der Waals surface area contributed by atoms with Gasteiger partial charge in [0.1, 0.15) is 11.6 Å². The summed E-state index contributed by atoms with van der Waals surface area (Å²) < 4.78 is 78.8. The maximum atomic E-state index is 13.7. The van der Waals surface area contributed by atoms with E-state index in [2.05, 4.69) is 0 Å². The van der Waals surface area contributed by atoms with Crippen LogP contribution in [0.1, 0.15) is 11.1 Å². The molecule has 1 aromatic rings. The highest BCUT2D eigenvalue weighted by atomic mass is 32.2. The summed E-state index contributed by atoms with van der Waals surface area (Å²) in [7, 11) is -1.72. The molecule has 4 nitrogen and oxygen atoms in total. The van der Waals surface area contributed by atoms with Crippen molar-refractivity contribution >= 4 is 15.4 Å². The molecule has 0 radical (unpaired) electrons. The molecule has 0 aromatic heterocycles. The number of alkyl halides is 3. The first-order chi connectivity index (χ1) is 11.4. The van der Waals surface area contributed by atoms with Crippen LogP contribution in [0.25, 0.3) is 5.57 Å². The summed E-state index contributed by atoms with van der Waals surface area (Å²) >= 11 is 0. The van der Waals surface area contributed by atoms with Crippen LogP contribution >= 0.6 is 0 Å². The zero-order valence-electron chi connectivity index (χ0n) is 13.6. The summed E-state index contributed by atoms with van der Waals surface area (Å²) in [5.74, 6) is -0.843. The van der Waals surface area contributed by atoms with Gasteiger partial charge in [-0.3, -0.25) is 0 Å². The van der Waals surface area contributed by atoms with Gasteiger partial charge in [-0.2, -0.15) is 13.2 Å². The highest BCUT2D eigenvalue weighted by molar-refractivity contribution is 7.89. The van der Waals surface area contributed by atoms with Crippen molar-refractivity contribution < 1.29 is 30.7 Å². The number of rotatable bonds is 5. The summed E-state index contributed by atoms with van der Waals surface area (Å²) in [6.07, 6.45) is -0.724. The topological polar surface area (TPSA) is 46.6 Å². The number of halogens is 4. The number of likely N-dealkylation sites (N-methyl/N-ethyl adjacent to an activating group) is 1. The lowest BCUT2D eigenvalue weighted by atomic mass is 10.0. The fourth-order valence-electron chi connectivity index (χ4n) is 2.40. The molecule has 1 aromatic carbocycles. The van der Waals surface area contributed by atoms with Crippen LogP contribution in [-0.4, -0.2) is 45.9 Å². The van der Waals surface area contributed by atoms with Gasteiger partial charge in [-0.25, -0.2) is 12.8 Å². The second-order valence-electron chi connectivity index (χ2n) is 5.90. The molecule has 1 heterocycles. The summed E-state index contributed by atoms with van der Waals surface area (Å²) in [5, 5.41) is 0. The molecule has 1 aliphatic rings. The van der Waals surface area contributed by atoms with Crippen molar-refractivity contribution in [3.8, 4) is 5.75 Å². The van der Waals surface area contributed by atoms with Gasteiger partial charge in [-0.05, 0) is 23.8 Å². The molecule has 25 heavy (non-hydrogen) atoms. The van der Waals surface area contributed by atoms with E-state index in [1.54, 1.807) is 13.2 Å². The third kappa shape index (κ3) is 6.08. The predicted molar refractivity (Wildman–Crippen MR) is 86.3 cm³/mol. The van der Waals surface area contributed by atoms with Gasteiger partial charge in [0.15, 0.2) is 16.4 Å². The number of hydrogen-bond acceptors (Lipinski definition) is 4. The van der Waals surface area contributed by atoms with Crippen molar-refractivity contribution in [2.24, 2.45) is 0 Å². The Labute approximate surface area is 143 Å². The predicted octanol–water partition coefficient (Wildman–Crippen LogP) is 3.31. The Morgan fingerprint density at radius 3 is 2.52 bits per heavy atom. The maximum absolute atomic E-state index is 13.7. The molecule has 0 fully saturated rings. The van der Waals surface area contributed by atoms with E-state index in [0.717, 1.165) is 6.26 Å². The number of nitrogens with zero attached hydrogens (tertiary/aromatic N) is 1. The number of ether oxygens (including phenoxy) is 1. The van der Waals surface area contributed by atoms with E-state index in [1.807, 2.05) is 0 Å². The average molecular weight is 379 g/mol. The van der Waals surface area contributed by atoms with E-state index in [0.29, 0.717) is 11.1 Å². The highest BCUT2D eigenvalue weighted by Gasteiger charge is 2.29. The molecule has 0 saturated carbocycles. The summed E-state index contributed by atoms with van der Waals surface area (Å²) in [5.41, 5.74) is 0.880. The molecular formula is C16H17F4NO3S. The van der Waals surface area contributed by atoms with Crippen LogP contribution in [0.15, 0.2) is 36.3 Å². The van der Waals surface area contributed by atoms with E-state index in [1.165, 1.54) is 29.2 Å². The van der Waals surface area contributed by atoms with E-state index >= 15 is 0 Å². The average Bonchev–Trinajstić information content (AvgIpc) is 2.42. The standard InChI is InChI=1S/C16H17F4NO3S/c1-21-7-12(6-13(17)8-21)14-5-11(9-25(2,22)23)3-4-15(14)24-10-16(18,19)20/h3-7H,8-10H2,1-2H3. The Kier molecular flexibility index (Phi) is 5.46. The SMILES string of the molecule is CN1C=C(c2cc(CS(C)(=O)=O)ccc2OCC(F)(F)F)C=C(F)C1. The molecule has 0 bridgehead atoms. The molecule has 0 amide bonds. The Hall–Kier alpha value is -2.03. The van der Waals surface area contributed by atoms with Gasteiger partial charge in [0.05, 0.1) is 12.3 Å². The Morgan fingerprint density at radius 1 is 1.28 bits per heavy atom. The zero-order valence-corrected chi connectivity index (χ0v) is 14.4. The van der Waals surface area contributed by atoms with E-state index in [4.69, 9.17) is 4.74 Å². The van der Waals surface area contributed by atoms with Crippen LogP contribution in [0.5, 0.6) is 5.75 Å². The first-order valence-electron chi connectivity index (χ1n) is 7.22. The van der Waals surface area contributed by atoms with Crippen molar-refractivity contribution in [1.82, 2.24) is 4.90 Å². The van der Waals surface area contributed by atoms with E-state index in [-0.39, 0.29) is 23.6 Å². The van der Waals surface area contributed by atoms with Gasteiger partial charge in [0, 0.05) is 30.6 Å². The minimum Gasteiger partial charge on any atom is -0.483 e. The van der Waals surface area contributed by atoms with E-state index < -0.39 is 28.4 Å². The van der Waals surface area contributed by atoms with Crippen molar-refractivity contribution in [3.05, 3.63) is 47.4 Å². The van der Waals surface area contributed by atoms with Gasteiger partial charge in [-0.15, -0.1) is 0 Å². The van der Waals surface area contributed by atoms with Crippen LogP contribution in [0.3, 0.4) is 0 Å². The second-order valence-corrected chi connectivity index (χ2v) is 8.04. The van der Waals surface area contributed by atoms with Crippen LogP contribution in [0.2, 0.25) is 0 Å². The first-order valence-corrected chi connectivity index (χ1v) is 9.28. The van der Waals surface area contributed by atoms with Gasteiger partial charge < -0.3 is 9.64 Å². The highest BCUT2D eigenvalue weighted by Crippen LogP contribution is 2.33. The summed E-state index contributed by atoms with van der Waals surface area (Å²) in [6.45, 7) is -1.45. The Bertz CT molecular complexity index is 813. The lowest BCUT2D eigenvalue weighted by Crippen LogP contribution is -2.20. The minimum absolute atomic E-state index is 0.0469. The summed E-state index contributed by atoms with van der Waals surface area (Å²) in [6, 6.07) is 4.05. The normalized spacial score (nSPS) is 15.7. The van der Waals surface area contributed by atoms with Crippen molar-refractivity contribution in [1.29, 1.82) is 0 Å². The molecule has 0 N–H and O–H groups in total. The fourth-order valence-corrected chi connectivity index (χ4v) is 3.19. The van der Waals surface area contributed by atoms with Crippen LogP contribution in [0.4, 0.5) is 17.6 Å². The number of sulfone groups is 1. The number of hydrogen-bond donors (Lipinski definition) is 0. The van der Waals surface area contributed by atoms with Gasteiger partial charge in [0.2, 0.25) is 0 Å². The zero-order chi connectivity index (χ0) is 18.8. The molecule has 9 heteroatoms. The largest absolute Gasteiger partial charge is 0.483 e. The third-order valence-electron chi connectivity index (χ3n) is 3.25. The number of allylic oxidation sites excluding steroid dienone is 2. The van der Waals surface area contributed by atoms with Crippen LogP contribution < -0.4 is 4.74 Å². The van der Waals surface area contributed by atoms with Gasteiger partial charge in [0.25, 0.3) is 0 Å². The molecule has 0 unspecified atom stereocenters. The quantitative estimate of drug-likeness (QED) is 0.737. The lowest BCUT2D eigenvalue weighted by molar-refractivity contribution is -0.153. The molecule has 1 aliphatic heterocycles. The minimum atomic E-state index is -4.53. The van der Waals surface area contributed by atoms with Gasteiger partial charge >= 0.3 is 6.18 Å². The smallest absolute Gasteiger partial charge is 0.422 e. The van der Waals surface area contributed by atoms with E-state index in [9.17, 15) is 26.0 Å². The second kappa shape index (κ2) is 7.07. The van der Waals surface area contributed by atoms with Crippen molar-refractivity contribution in [3.63, 3.8) is 0 Å². The number of benzene rings is 1. The molecule has 0 aliphatic carbocycles. The summed E-state index contributed by atoms with van der Waals surface area (Å²) in [4.78, 5) is 1.53. The molecule has 0 atom stereocenters. The van der Waals surface area contributed by atoms with Crippen molar-refractivity contribution in [2.45, 2.75) is 11.9 Å². The molecule has 0 saturated heterocycles. The molecule has 0 spiro atoms. The van der Waals surface area contributed by atoms with Crippen LogP contribution in [0, 0.1) is 0 Å². The Morgan fingerprint density at radius 2 is 1.96 bits per heavy atom. The fraction of sp³-hybridized carbons (Fsp3) is 0.375.